The van der Waals surface area contributed by atoms with E-state index < -0.39 is 29.7 Å². The van der Waals surface area contributed by atoms with Gasteiger partial charge in [0.25, 0.3) is 17.7 Å². The van der Waals surface area contributed by atoms with E-state index in [0.29, 0.717) is 29.3 Å². The van der Waals surface area contributed by atoms with Gasteiger partial charge in [0, 0.05) is 73.8 Å². The number of piperidine rings is 1. The zero-order valence-corrected chi connectivity index (χ0v) is 36.1. The number of hydrogen-bond donors (Lipinski definition) is 2. The maximum atomic E-state index is 13.5. The van der Waals surface area contributed by atoms with Crippen molar-refractivity contribution in [1.82, 2.24) is 30.4 Å². The van der Waals surface area contributed by atoms with Gasteiger partial charge in [-0.15, -0.1) is 0 Å². The standard InChI is InChI=1S/C46H54N8O7/c1-24(2)53(28-15-31(16-28)60-29-9-10-32-33(17-29)42(59)54(41(32)58)36-11-12-38(55)50-40(36)57)23-27-21-52(22-27)37-20-48-35(19-49-37)39(56)51-43-45(5,6)44(46(43,7)8)61-30-13-25(3)34(18-47)26(4)14-30/h9-10,13-14,17,19-20,24,27-28,31,36,43-44H,11-12,15-16,21-23H2,1-8H3,(H,51,56)(H,50,55,57). The summed E-state index contributed by atoms with van der Waals surface area (Å²) >= 11 is 0. The smallest absolute Gasteiger partial charge is 0.271 e. The van der Waals surface area contributed by atoms with Crippen molar-refractivity contribution in [3.63, 3.8) is 0 Å². The highest BCUT2D eigenvalue weighted by atomic mass is 16.5. The molecule has 2 saturated carbocycles. The number of anilines is 1. The molecular formula is C46H54N8O7. The molecule has 8 rings (SSSR count). The maximum absolute atomic E-state index is 13.5. The summed E-state index contributed by atoms with van der Waals surface area (Å²) in [6, 6.07) is 10.4. The number of nitriles is 1. The Morgan fingerprint density at radius 1 is 0.951 bits per heavy atom. The third-order valence-corrected chi connectivity index (χ3v) is 13.5. The number of aromatic nitrogens is 2. The average Bonchev–Trinajstić information content (AvgIpc) is 3.41. The Kier molecular flexibility index (Phi) is 10.7. The van der Waals surface area contributed by atoms with Crippen molar-refractivity contribution in [3.05, 3.63) is 76.2 Å². The van der Waals surface area contributed by atoms with Gasteiger partial charge in [-0.1, -0.05) is 27.7 Å². The fourth-order valence-corrected chi connectivity index (χ4v) is 10.5. The number of fused-ring (bicyclic) bond motifs is 1. The Morgan fingerprint density at radius 2 is 1.62 bits per heavy atom. The lowest BCUT2D eigenvalue weighted by Crippen LogP contribution is -2.74. The van der Waals surface area contributed by atoms with Crippen LogP contribution in [0, 0.1) is 41.9 Å². The van der Waals surface area contributed by atoms with E-state index in [9.17, 15) is 29.2 Å². The van der Waals surface area contributed by atoms with Crippen molar-refractivity contribution in [2.24, 2.45) is 16.7 Å². The minimum Gasteiger partial charge on any atom is -0.490 e. The van der Waals surface area contributed by atoms with E-state index in [2.05, 4.69) is 78.0 Å². The Morgan fingerprint density at radius 3 is 2.23 bits per heavy atom. The number of rotatable bonds is 12. The fourth-order valence-electron chi connectivity index (χ4n) is 10.5. The highest BCUT2D eigenvalue weighted by molar-refractivity contribution is 6.23. The summed E-state index contributed by atoms with van der Waals surface area (Å²) in [5, 5.41) is 14.9. The van der Waals surface area contributed by atoms with Crippen LogP contribution in [0.1, 0.15) is 115 Å². The zero-order valence-electron chi connectivity index (χ0n) is 36.1. The first-order valence-corrected chi connectivity index (χ1v) is 21.2. The van der Waals surface area contributed by atoms with Crippen LogP contribution in [0.5, 0.6) is 11.5 Å². The molecule has 2 saturated heterocycles. The quantitative estimate of drug-likeness (QED) is 0.239. The predicted octanol–water partition coefficient (Wildman–Crippen LogP) is 4.73. The van der Waals surface area contributed by atoms with Crippen LogP contribution in [-0.4, -0.2) is 105 Å². The van der Waals surface area contributed by atoms with E-state index in [0.717, 1.165) is 60.1 Å². The molecule has 320 valence electrons. The molecular weight excluding hydrogens is 777 g/mol. The third-order valence-electron chi connectivity index (χ3n) is 13.5. The summed E-state index contributed by atoms with van der Waals surface area (Å²) in [5.41, 5.74) is 2.37. The molecule has 0 radical (unpaired) electrons. The number of imide groups is 2. The zero-order chi connectivity index (χ0) is 43.7. The first-order valence-electron chi connectivity index (χ1n) is 21.2. The van der Waals surface area contributed by atoms with Crippen LogP contribution in [0.15, 0.2) is 42.7 Å². The van der Waals surface area contributed by atoms with Crippen LogP contribution in [0.4, 0.5) is 5.82 Å². The first kappa shape index (κ1) is 41.8. The summed E-state index contributed by atoms with van der Waals surface area (Å²) in [6.07, 6.45) is 4.85. The minimum atomic E-state index is -1.01. The molecule has 0 bridgehead atoms. The largest absolute Gasteiger partial charge is 0.490 e. The van der Waals surface area contributed by atoms with Gasteiger partial charge in [0.1, 0.15) is 41.3 Å². The molecule has 5 aliphatic rings. The van der Waals surface area contributed by atoms with Gasteiger partial charge in [0.05, 0.1) is 35.2 Å². The molecule has 0 spiro atoms. The molecule has 15 heteroatoms. The van der Waals surface area contributed by atoms with E-state index in [1.807, 2.05) is 26.0 Å². The molecule has 1 atom stereocenters. The van der Waals surface area contributed by atoms with Gasteiger partial charge in [-0.05, 0) is 75.6 Å². The average molecular weight is 831 g/mol. The van der Waals surface area contributed by atoms with Gasteiger partial charge < -0.3 is 19.7 Å². The molecule has 3 aromatic rings. The van der Waals surface area contributed by atoms with Crippen LogP contribution in [0.3, 0.4) is 0 Å². The second kappa shape index (κ2) is 15.5. The number of hydrogen-bond acceptors (Lipinski definition) is 12. The number of carbonyl (C=O) groups excluding carboxylic acids is 5. The van der Waals surface area contributed by atoms with E-state index in [-0.39, 0.29) is 64.6 Å². The molecule has 4 heterocycles. The molecule has 1 aromatic heterocycles. The number of amides is 5. The molecule has 15 nitrogen and oxygen atoms in total. The molecule has 5 amide bonds. The highest BCUT2D eigenvalue weighted by Crippen LogP contribution is 2.55. The second-order valence-electron chi connectivity index (χ2n) is 18.9. The molecule has 2 aromatic carbocycles. The summed E-state index contributed by atoms with van der Waals surface area (Å²) in [7, 11) is 0. The van der Waals surface area contributed by atoms with Crippen LogP contribution in [-0.2, 0) is 9.59 Å². The second-order valence-corrected chi connectivity index (χ2v) is 18.9. The van der Waals surface area contributed by atoms with Crippen molar-refractivity contribution >= 4 is 35.4 Å². The number of carbonyl (C=O) groups is 5. The lowest BCUT2D eigenvalue weighted by molar-refractivity contribution is -0.164. The Balaban J connectivity index is 0.801. The van der Waals surface area contributed by atoms with Gasteiger partial charge >= 0.3 is 0 Å². The van der Waals surface area contributed by atoms with Gasteiger partial charge in [-0.3, -0.25) is 39.1 Å². The minimum absolute atomic E-state index is 0.0367. The molecule has 2 N–H and O–H groups in total. The van der Waals surface area contributed by atoms with Gasteiger partial charge in [0.15, 0.2) is 0 Å². The summed E-state index contributed by atoms with van der Waals surface area (Å²) < 4.78 is 12.8. The lowest BCUT2D eigenvalue weighted by atomic mass is 9.49. The molecule has 3 aliphatic heterocycles. The van der Waals surface area contributed by atoms with E-state index in [1.165, 1.54) is 0 Å². The van der Waals surface area contributed by atoms with Crippen LogP contribution in [0.2, 0.25) is 0 Å². The maximum Gasteiger partial charge on any atom is 0.271 e. The number of benzene rings is 2. The highest BCUT2D eigenvalue weighted by Gasteiger charge is 2.64. The summed E-state index contributed by atoms with van der Waals surface area (Å²) in [6.45, 7) is 19.2. The van der Waals surface area contributed by atoms with Crippen LogP contribution < -0.4 is 25.0 Å². The Bertz CT molecular complexity index is 2300. The molecule has 1 unspecified atom stereocenters. The lowest BCUT2D eigenvalue weighted by Gasteiger charge is -2.63. The summed E-state index contributed by atoms with van der Waals surface area (Å²) in [5.74, 6) is -0.0129. The van der Waals surface area contributed by atoms with Crippen molar-refractivity contribution in [2.45, 2.75) is 117 Å². The number of aryl methyl sites for hydroxylation is 2. The van der Waals surface area contributed by atoms with Gasteiger partial charge in [-0.2, -0.15) is 5.26 Å². The third kappa shape index (κ3) is 7.49. The van der Waals surface area contributed by atoms with Crippen molar-refractivity contribution in [2.75, 3.05) is 24.5 Å². The SMILES string of the molecule is Cc1cc(OC2C(C)(C)C(NC(=O)c3cnc(N4CC(CN(C(C)C)C5CC(Oc6ccc7c(c6)C(=O)N(C6CCC(=O)NC6=O)C7=O)C5)C4)cn3)C2(C)C)cc(C)c1C#N. The van der Waals surface area contributed by atoms with E-state index in [4.69, 9.17) is 9.47 Å². The molecule has 61 heavy (non-hydrogen) atoms. The van der Waals surface area contributed by atoms with E-state index in [1.54, 1.807) is 30.6 Å². The van der Waals surface area contributed by atoms with Gasteiger partial charge in [0.2, 0.25) is 11.8 Å². The van der Waals surface area contributed by atoms with Crippen LogP contribution in [0.25, 0.3) is 0 Å². The van der Waals surface area contributed by atoms with E-state index >= 15 is 0 Å². The van der Waals surface area contributed by atoms with Crippen molar-refractivity contribution in [1.29, 1.82) is 5.26 Å². The molecule has 4 fully saturated rings. The normalized spacial score (nSPS) is 25.3. The summed E-state index contributed by atoms with van der Waals surface area (Å²) in [4.78, 5) is 78.7. The number of nitrogens with zero attached hydrogens (tertiary/aromatic N) is 6. The van der Waals surface area contributed by atoms with Crippen LogP contribution >= 0.6 is 0 Å². The van der Waals surface area contributed by atoms with Crippen molar-refractivity contribution < 1.29 is 33.4 Å². The van der Waals surface area contributed by atoms with Gasteiger partial charge in [-0.25, -0.2) is 9.97 Å². The topological polar surface area (TPSA) is 187 Å². The monoisotopic (exact) mass is 830 g/mol. The number of ether oxygens (including phenoxy) is 2. The fraction of sp³-hybridized carbons (Fsp3) is 0.522. The molecule has 2 aliphatic carbocycles. The van der Waals surface area contributed by atoms with Crippen molar-refractivity contribution in [3.8, 4) is 17.6 Å². The number of nitrogens with one attached hydrogen (secondary N) is 2. The Hall–Kier alpha value is -5.88. The Labute approximate surface area is 356 Å². The predicted molar refractivity (Wildman–Crippen MR) is 224 cm³/mol. The first-order chi connectivity index (χ1) is 28.9.